The lowest BCUT2D eigenvalue weighted by Crippen LogP contribution is -2.19. The van der Waals surface area contributed by atoms with E-state index in [2.05, 4.69) is 20.0 Å². The lowest BCUT2D eigenvalue weighted by Gasteiger charge is -2.20. The third-order valence-corrected chi connectivity index (χ3v) is 3.89. The Morgan fingerprint density at radius 2 is 1.32 bits per heavy atom. The summed E-state index contributed by atoms with van der Waals surface area (Å²) in [5, 5.41) is 0. The van der Waals surface area contributed by atoms with Gasteiger partial charge in [-0.2, -0.15) is 0 Å². The molecule has 0 N–H and O–H groups in total. The van der Waals surface area contributed by atoms with Crippen LogP contribution in [0.25, 0.3) is 0 Å². The predicted molar refractivity (Wildman–Crippen MR) is 91.3 cm³/mol. The molecule has 8 heteroatoms. The SMILES string of the molecule is CC(CCCCN=C=O)CN=C=O.O=C=NC1CCC(N=C=O)CC1. The Bertz CT molecular complexity index is 521. The van der Waals surface area contributed by atoms with Crippen LogP contribution in [0.15, 0.2) is 20.0 Å². The molecule has 0 aromatic carbocycles. The van der Waals surface area contributed by atoms with E-state index in [1.165, 1.54) is 12.2 Å². The van der Waals surface area contributed by atoms with Crippen LogP contribution >= 0.6 is 0 Å². The zero-order valence-electron chi connectivity index (χ0n) is 14.5. The minimum absolute atomic E-state index is 0.0978. The molecule has 8 nitrogen and oxygen atoms in total. The molecule has 1 aliphatic carbocycles. The summed E-state index contributed by atoms with van der Waals surface area (Å²) in [7, 11) is 0. The largest absolute Gasteiger partial charge is 0.235 e. The summed E-state index contributed by atoms with van der Waals surface area (Å²) in [5.74, 6) is 0.404. The van der Waals surface area contributed by atoms with E-state index < -0.39 is 0 Å². The van der Waals surface area contributed by atoms with Crippen LogP contribution in [0.5, 0.6) is 0 Å². The van der Waals surface area contributed by atoms with E-state index in [4.69, 9.17) is 0 Å². The molecule has 136 valence electrons. The van der Waals surface area contributed by atoms with E-state index >= 15 is 0 Å². The number of rotatable bonds is 9. The van der Waals surface area contributed by atoms with E-state index in [1.807, 2.05) is 6.92 Å². The van der Waals surface area contributed by atoms with Gasteiger partial charge in [-0.05, 0) is 44.4 Å². The number of isocyanates is 4. The Kier molecular flexibility index (Phi) is 14.8. The standard InChI is InChI=1S/C9H14N2O2.C8H10N2O2/c1-9(6-11-8-13)4-2-3-5-10-7-12;11-5-9-7-1-2-8(4-3-7)10-6-12/h9H,2-6H2,1H3;7-8H,1-4H2. The normalized spacial score (nSPS) is 19.4. The maximum Gasteiger partial charge on any atom is 0.235 e. The summed E-state index contributed by atoms with van der Waals surface area (Å²) in [5.41, 5.74) is 0. The Labute approximate surface area is 147 Å². The van der Waals surface area contributed by atoms with Crippen molar-refractivity contribution in [3.05, 3.63) is 0 Å². The van der Waals surface area contributed by atoms with Crippen molar-refractivity contribution in [2.75, 3.05) is 13.1 Å². The molecule has 0 aromatic rings. The van der Waals surface area contributed by atoms with Crippen LogP contribution in [-0.2, 0) is 19.2 Å². The molecular weight excluding hydrogens is 324 g/mol. The van der Waals surface area contributed by atoms with Crippen molar-refractivity contribution in [3.63, 3.8) is 0 Å². The fraction of sp³-hybridized carbons (Fsp3) is 0.765. The van der Waals surface area contributed by atoms with Crippen molar-refractivity contribution in [1.82, 2.24) is 0 Å². The van der Waals surface area contributed by atoms with Crippen LogP contribution in [0.1, 0.15) is 51.9 Å². The van der Waals surface area contributed by atoms with E-state index in [-0.39, 0.29) is 12.1 Å². The highest BCUT2D eigenvalue weighted by molar-refractivity contribution is 5.34. The minimum atomic E-state index is 0.0978. The summed E-state index contributed by atoms with van der Waals surface area (Å²) < 4.78 is 0. The van der Waals surface area contributed by atoms with Crippen molar-refractivity contribution in [2.24, 2.45) is 25.9 Å². The van der Waals surface area contributed by atoms with Crippen LogP contribution in [-0.4, -0.2) is 49.5 Å². The second-order valence-electron chi connectivity index (χ2n) is 5.91. The number of aliphatic imine (C=N–C) groups is 4. The second-order valence-corrected chi connectivity index (χ2v) is 5.91. The highest BCUT2D eigenvalue weighted by Gasteiger charge is 2.19. The minimum Gasteiger partial charge on any atom is -0.211 e. The van der Waals surface area contributed by atoms with Gasteiger partial charge in [-0.1, -0.05) is 13.3 Å². The molecule has 1 unspecified atom stereocenters. The average molecular weight is 348 g/mol. The zero-order valence-corrected chi connectivity index (χ0v) is 14.5. The Hall–Kier alpha value is -2.48. The van der Waals surface area contributed by atoms with E-state index in [1.54, 1.807) is 12.2 Å². The number of carbonyl (C=O) groups excluding carboxylic acids is 4. The smallest absolute Gasteiger partial charge is 0.211 e. The molecular formula is C17H24N4O4. The van der Waals surface area contributed by atoms with Gasteiger partial charge < -0.3 is 0 Å². The fourth-order valence-corrected chi connectivity index (χ4v) is 2.48. The lowest BCUT2D eigenvalue weighted by atomic mass is 9.92. The molecule has 1 fully saturated rings. The average Bonchev–Trinajstić information content (AvgIpc) is 2.62. The topological polar surface area (TPSA) is 118 Å². The van der Waals surface area contributed by atoms with E-state index in [0.717, 1.165) is 44.9 Å². The maximum atomic E-state index is 9.90. The summed E-state index contributed by atoms with van der Waals surface area (Å²) in [4.78, 5) is 53.5. The second kappa shape index (κ2) is 16.4. The molecule has 0 aliphatic heterocycles. The molecule has 0 radical (unpaired) electrons. The monoisotopic (exact) mass is 348 g/mol. The van der Waals surface area contributed by atoms with Crippen molar-refractivity contribution < 1.29 is 19.2 Å². The van der Waals surface area contributed by atoms with Gasteiger partial charge >= 0.3 is 0 Å². The summed E-state index contributed by atoms with van der Waals surface area (Å²) in [6.07, 6.45) is 12.3. The van der Waals surface area contributed by atoms with Gasteiger partial charge in [0, 0.05) is 0 Å². The molecule has 0 spiro atoms. The zero-order chi connectivity index (χ0) is 18.8. The first-order valence-corrected chi connectivity index (χ1v) is 8.39. The summed E-state index contributed by atoms with van der Waals surface area (Å²) in [6, 6.07) is 0.196. The third-order valence-electron chi connectivity index (χ3n) is 3.89. The van der Waals surface area contributed by atoms with Gasteiger partial charge in [0.05, 0.1) is 25.2 Å². The molecule has 0 saturated heterocycles. The van der Waals surface area contributed by atoms with Gasteiger partial charge in [0.2, 0.25) is 24.3 Å². The summed E-state index contributed by atoms with van der Waals surface area (Å²) in [6.45, 7) is 3.12. The van der Waals surface area contributed by atoms with Gasteiger partial charge in [0.25, 0.3) is 0 Å². The maximum absolute atomic E-state index is 9.90. The molecule has 0 aromatic heterocycles. The van der Waals surface area contributed by atoms with Gasteiger partial charge in [-0.25, -0.2) is 39.1 Å². The lowest BCUT2D eigenvalue weighted by molar-refractivity contribution is 0.394. The van der Waals surface area contributed by atoms with Crippen LogP contribution in [0.3, 0.4) is 0 Å². The van der Waals surface area contributed by atoms with Crippen molar-refractivity contribution >= 4 is 24.3 Å². The highest BCUT2D eigenvalue weighted by atomic mass is 16.1. The third kappa shape index (κ3) is 13.6. The van der Waals surface area contributed by atoms with Gasteiger partial charge in [-0.3, -0.25) is 0 Å². The van der Waals surface area contributed by atoms with Crippen LogP contribution in [0.4, 0.5) is 0 Å². The van der Waals surface area contributed by atoms with E-state index in [9.17, 15) is 19.2 Å². The van der Waals surface area contributed by atoms with Gasteiger partial charge in [0.15, 0.2) is 0 Å². The van der Waals surface area contributed by atoms with Gasteiger partial charge in [-0.15, -0.1) is 0 Å². The Morgan fingerprint density at radius 1 is 0.800 bits per heavy atom. The number of hydrogen-bond acceptors (Lipinski definition) is 8. The quantitative estimate of drug-likeness (QED) is 0.361. The summed E-state index contributed by atoms with van der Waals surface area (Å²) >= 11 is 0. The molecule has 1 rings (SSSR count). The molecule has 25 heavy (non-hydrogen) atoms. The fourth-order valence-electron chi connectivity index (χ4n) is 2.48. The molecule has 0 bridgehead atoms. The van der Waals surface area contributed by atoms with Crippen molar-refractivity contribution in [2.45, 2.75) is 64.0 Å². The van der Waals surface area contributed by atoms with Gasteiger partial charge in [0.1, 0.15) is 0 Å². The molecule has 1 saturated carbocycles. The Morgan fingerprint density at radius 3 is 1.76 bits per heavy atom. The van der Waals surface area contributed by atoms with Crippen LogP contribution < -0.4 is 0 Å². The number of hydrogen-bond donors (Lipinski definition) is 0. The van der Waals surface area contributed by atoms with Crippen LogP contribution in [0.2, 0.25) is 0 Å². The van der Waals surface area contributed by atoms with E-state index in [0.29, 0.717) is 19.0 Å². The van der Waals surface area contributed by atoms with Crippen LogP contribution in [0, 0.1) is 5.92 Å². The number of unbranched alkanes of at least 4 members (excludes halogenated alkanes) is 1. The first-order chi connectivity index (χ1) is 12.2. The first-order valence-electron chi connectivity index (χ1n) is 8.39. The molecule has 0 heterocycles. The van der Waals surface area contributed by atoms with Crippen molar-refractivity contribution in [3.8, 4) is 0 Å². The molecule has 0 amide bonds. The number of nitrogens with zero attached hydrogens (tertiary/aromatic N) is 4. The highest BCUT2D eigenvalue weighted by Crippen LogP contribution is 2.22. The molecule has 1 atom stereocenters. The Balaban J connectivity index is 0.000000462. The van der Waals surface area contributed by atoms with Crippen molar-refractivity contribution in [1.29, 1.82) is 0 Å². The molecule has 1 aliphatic rings. The first kappa shape index (κ1) is 22.5. The predicted octanol–water partition coefficient (Wildman–Crippen LogP) is 2.43.